The molecule has 0 aromatic heterocycles. The van der Waals surface area contributed by atoms with Crippen LogP contribution < -0.4 is 9.16 Å². The number of carbonyl (C=O) groups excluding carboxylic acids is 1. The van der Waals surface area contributed by atoms with E-state index in [4.69, 9.17) is 18.6 Å². The first-order valence-electron chi connectivity index (χ1n) is 11.1. The Morgan fingerprint density at radius 2 is 1.88 bits per heavy atom. The molecular formula is C26H36O5Si. The van der Waals surface area contributed by atoms with E-state index in [0.29, 0.717) is 23.7 Å². The van der Waals surface area contributed by atoms with Gasteiger partial charge in [0, 0.05) is 12.0 Å². The summed E-state index contributed by atoms with van der Waals surface area (Å²) in [5.41, 5.74) is 0.519. The number of carbonyl (C=O) groups is 1. The maximum atomic E-state index is 12.4. The molecule has 1 aromatic carbocycles. The molecule has 1 aliphatic carbocycles. The highest BCUT2D eigenvalue weighted by Gasteiger charge is 2.53. The molecule has 3 rings (SSSR count). The van der Waals surface area contributed by atoms with E-state index in [-0.39, 0.29) is 22.8 Å². The molecule has 3 atom stereocenters. The monoisotopic (exact) mass is 456 g/mol. The van der Waals surface area contributed by atoms with Crippen LogP contribution in [0, 0.1) is 11.3 Å². The van der Waals surface area contributed by atoms with Crippen LogP contribution in [0.5, 0.6) is 11.5 Å². The zero-order chi connectivity index (χ0) is 23.9. The van der Waals surface area contributed by atoms with Gasteiger partial charge in [-0.05, 0) is 48.3 Å². The zero-order valence-corrected chi connectivity index (χ0v) is 21.6. The minimum absolute atomic E-state index is 0.0573. The van der Waals surface area contributed by atoms with E-state index in [2.05, 4.69) is 47.4 Å². The van der Waals surface area contributed by atoms with Crippen LogP contribution >= 0.6 is 0 Å². The highest BCUT2D eigenvalue weighted by Crippen LogP contribution is 2.58. The van der Waals surface area contributed by atoms with Gasteiger partial charge in [0.25, 0.3) is 8.32 Å². The summed E-state index contributed by atoms with van der Waals surface area (Å²) in [4.78, 5) is 12.4. The highest BCUT2D eigenvalue weighted by molar-refractivity contribution is 6.74. The lowest BCUT2D eigenvalue weighted by Crippen LogP contribution is -2.43. The fourth-order valence-corrected chi connectivity index (χ4v) is 5.21. The predicted octanol–water partition coefficient (Wildman–Crippen LogP) is 6.35. The Kier molecular flexibility index (Phi) is 6.40. The minimum atomic E-state index is -2.01. The van der Waals surface area contributed by atoms with Gasteiger partial charge in [0.05, 0.1) is 19.6 Å². The van der Waals surface area contributed by atoms with E-state index in [1.54, 1.807) is 13.2 Å². The van der Waals surface area contributed by atoms with E-state index in [1.165, 1.54) is 7.11 Å². The summed E-state index contributed by atoms with van der Waals surface area (Å²) in [6.45, 7) is 17.2. The van der Waals surface area contributed by atoms with Crippen molar-refractivity contribution < 1.29 is 23.4 Å². The molecule has 0 bridgehead atoms. The lowest BCUT2D eigenvalue weighted by Gasteiger charge is -2.37. The van der Waals surface area contributed by atoms with Gasteiger partial charge in [-0.2, -0.15) is 0 Å². The lowest BCUT2D eigenvalue weighted by molar-refractivity contribution is -0.114. The van der Waals surface area contributed by atoms with Gasteiger partial charge >= 0.3 is 0 Å². The molecule has 1 heterocycles. The number of ether oxygens (including phenoxy) is 3. The number of benzene rings is 1. The molecule has 1 aliphatic heterocycles. The smallest absolute Gasteiger partial charge is 0.250 e. The summed E-state index contributed by atoms with van der Waals surface area (Å²) in [5.74, 6) is 2.34. The van der Waals surface area contributed by atoms with Gasteiger partial charge < -0.3 is 18.6 Å². The second kappa shape index (κ2) is 8.47. The Morgan fingerprint density at radius 1 is 1.19 bits per heavy atom. The molecule has 2 aliphatic rings. The first kappa shape index (κ1) is 24.2. The standard InChI is InChI=1S/C26H36O5Si/c1-10-13-26-16-22(29-7)19(27)15-23(26)30-24(17(26)2)18-11-12-20(21(14-18)28-6)31-32(8,9)25(3,4)5/h10-12,14-17,24H,1,13H2,2-9H3/t17-,24+,26+/m1/s1. The molecule has 0 unspecified atom stereocenters. The fourth-order valence-electron chi connectivity index (χ4n) is 4.18. The molecule has 0 amide bonds. The van der Waals surface area contributed by atoms with Crippen LogP contribution in [-0.2, 0) is 14.3 Å². The summed E-state index contributed by atoms with van der Waals surface area (Å²) < 4.78 is 23.9. The Hall–Kier alpha value is -2.47. The topological polar surface area (TPSA) is 54.0 Å². The SMILES string of the molecule is C=CC[C@@]12C=C(OC)C(=O)C=C1O[C@H](c1ccc(O[Si](C)(C)C(C)(C)C)c(OC)c1)[C@H]2C. The van der Waals surface area contributed by atoms with Crippen molar-refractivity contribution in [3.05, 3.63) is 60.1 Å². The van der Waals surface area contributed by atoms with Crippen molar-refractivity contribution in [1.29, 1.82) is 0 Å². The molecule has 174 valence electrons. The molecule has 0 radical (unpaired) electrons. The molecule has 0 spiro atoms. The van der Waals surface area contributed by atoms with Crippen molar-refractivity contribution >= 4 is 14.1 Å². The highest BCUT2D eigenvalue weighted by atomic mass is 28.4. The normalized spacial score (nSPS) is 25.3. The van der Waals surface area contributed by atoms with Gasteiger partial charge in [-0.15, -0.1) is 6.58 Å². The quantitative estimate of drug-likeness (QED) is 0.354. The van der Waals surface area contributed by atoms with Crippen molar-refractivity contribution in [2.24, 2.45) is 11.3 Å². The summed E-state index contributed by atoms with van der Waals surface area (Å²) in [6.07, 6.45) is 5.75. The Balaban J connectivity index is 1.99. The molecule has 1 saturated heterocycles. The van der Waals surface area contributed by atoms with Gasteiger partial charge in [0.2, 0.25) is 5.78 Å². The maximum Gasteiger partial charge on any atom is 0.250 e. The Morgan fingerprint density at radius 3 is 2.44 bits per heavy atom. The van der Waals surface area contributed by atoms with Crippen LogP contribution in [0.1, 0.15) is 45.8 Å². The van der Waals surface area contributed by atoms with Crippen molar-refractivity contribution in [1.82, 2.24) is 0 Å². The van der Waals surface area contributed by atoms with Crippen molar-refractivity contribution in [3.63, 3.8) is 0 Å². The van der Waals surface area contributed by atoms with Crippen LogP contribution in [-0.4, -0.2) is 28.3 Å². The predicted molar refractivity (Wildman–Crippen MR) is 129 cm³/mol. The van der Waals surface area contributed by atoms with E-state index < -0.39 is 13.7 Å². The number of allylic oxidation sites excluding steroid dienone is 3. The lowest BCUT2D eigenvalue weighted by atomic mass is 9.69. The number of ketones is 1. The average molecular weight is 457 g/mol. The molecular weight excluding hydrogens is 420 g/mol. The van der Waals surface area contributed by atoms with Crippen LogP contribution in [0.3, 0.4) is 0 Å². The first-order valence-corrected chi connectivity index (χ1v) is 14.0. The van der Waals surface area contributed by atoms with E-state index in [9.17, 15) is 4.79 Å². The molecule has 0 N–H and O–H groups in total. The van der Waals surface area contributed by atoms with Crippen molar-refractivity contribution in [3.8, 4) is 11.5 Å². The Labute approximate surface area is 193 Å². The Bertz CT molecular complexity index is 969. The van der Waals surface area contributed by atoms with E-state index in [1.807, 2.05) is 30.4 Å². The third kappa shape index (κ3) is 4.01. The number of hydrogen-bond donors (Lipinski definition) is 0. The zero-order valence-electron chi connectivity index (χ0n) is 20.6. The summed E-state index contributed by atoms with van der Waals surface area (Å²) >= 11 is 0. The van der Waals surface area contributed by atoms with Crippen LogP contribution in [0.15, 0.2) is 54.5 Å². The third-order valence-electron chi connectivity index (χ3n) is 7.26. The number of fused-ring (bicyclic) bond motifs is 1. The second-order valence-corrected chi connectivity index (χ2v) is 14.9. The largest absolute Gasteiger partial charge is 0.541 e. The van der Waals surface area contributed by atoms with Gasteiger partial charge in [0.15, 0.2) is 11.5 Å². The van der Waals surface area contributed by atoms with E-state index >= 15 is 0 Å². The van der Waals surface area contributed by atoms with Gasteiger partial charge in [-0.1, -0.05) is 39.8 Å². The third-order valence-corrected chi connectivity index (χ3v) is 11.6. The van der Waals surface area contributed by atoms with Gasteiger partial charge in [-0.3, -0.25) is 4.79 Å². The second-order valence-electron chi connectivity index (χ2n) is 10.2. The maximum absolute atomic E-state index is 12.4. The minimum Gasteiger partial charge on any atom is -0.541 e. The van der Waals surface area contributed by atoms with Gasteiger partial charge in [-0.25, -0.2) is 0 Å². The van der Waals surface area contributed by atoms with Crippen LogP contribution in [0.2, 0.25) is 18.1 Å². The number of hydrogen-bond acceptors (Lipinski definition) is 5. The summed E-state index contributed by atoms with van der Waals surface area (Å²) in [6, 6.07) is 6.00. The average Bonchev–Trinajstić information content (AvgIpc) is 2.98. The summed E-state index contributed by atoms with van der Waals surface area (Å²) in [5, 5.41) is 0.0803. The molecule has 0 saturated carbocycles. The molecule has 5 nitrogen and oxygen atoms in total. The van der Waals surface area contributed by atoms with Crippen molar-refractivity contribution in [2.45, 2.75) is 58.4 Å². The molecule has 1 aromatic rings. The van der Waals surface area contributed by atoms with Crippen LogP contribution in [0.25, 0.3) is 0 Å². The number of rotatable bonds is 7. The molecule has 32 heavy (non-hydrogen) atoms. The molecule has 6 heteroatoms. The fraction of sp³-hybridized carbons (Fsp3) is 0.500. The first-order chi connectivity index (χ1) is 14.9. The summed E-state index contributed by atoms with van der Waals surface area (Å²) in [7, 11) is 1.17. The number of methoxy groups -OCH3 is 2. The van der Waals surface area contributed by atoms with Crippen molar-refractivity contribution in [2.75, 3.05) is 14.2 Å². The van der Waals surface area contributed by atoms with Crippen LogP contribution in [0.4, 0.5) is 0 Å². The van der Waals surface area contributed by atoms with Gasteiger partial charge in [0.1, 0.15) is 17.6 Å². The van der Waals surface area contributed by atoms with E-state index in [0.717, 1.165) is 11.3 Å². The molecule has 1 fully saturated rings.